The summed E-state index contributed by atoms with van der Waals surface area (Å²) in [6.07, 6.45) is 1.64. The standard InChI is InChI=1S/C26H29N3O4S/c1-25(2,3)20-11-16(12-21(27-20)26(4,5)6)13-29-17-9-15(7-8-18(17)33-14-22(29)30)10-19-23(31)28-24(32)34-19/h7-12H,13-14H2,1-6H3,(H,28,31,32). The monoisotopic (exact) mass is 479 g/mol. The molecule has 3 heterocycles. The topological polar surface area (TPSA) is 88.6 Å². The van der Waals surface area contributed by atoms with Gasteiger partial charge in [-0.05, 0) is 53.2 Å². The summed E-state index contributed by atoms with van der Waals surface area (Å²) in [5, 5.41) is 1.86. The molecule has 2 aliphatic heterocycles. The quantitative estimate of drug-likeness (QED) is 0.628. The summed E-state index contributed by atoms with van der Waals surface area (Å²) >= 11 is 0.860. The van der Waals surface area contributed by atoms with E-state index >= 15 is 0 Å². The van der Waals surface area contributed by atoms with Crippen molar-refractivity contribution in [2.75, 3.05) is 11.5 Å². The molecule has 1 N–H and O–H groups in total. The number of carbonyl (C=O) groups is 3. The Balaban J connectivity index is 1.73. The highest BCUT2D eigenvalue weighted by Crippen LogP contribution is 2.36. The van der Waals surface area contributed by atoms with Crippen molar-refractivity contribution in [3.05, 3.63) is 57.8 Å². The smallest absolute Gasteiger partial charge is 0.290 e. The van der Waals surface area contributed by atoms with Gasteiger partial charge in [0.25, 0.3) is 17.1 Å². The van der Waals surface area contributed by atoms with Crippen molar-refractivity contribution < 1.29 is 19.1 Å². The molecule has 0 spiro atoms. The number of fused-ring (bicyclic) bond motifs is 1. The van der Waals surface area contributed by atoms with Crippen LogP contribution >= 0.6 is 11.8 Å². The Morgan fingerprint density at radius 2 is 1.68 bits per heavy atom. The van der Waals surface area contributed by atoms with Gasteiger partial charge in [0.2, 0.25) is 0 Å². The third-order valence-electron chi connectivity index (χ3n) is 5.63. The van der Waals surface area contributed by atoms with Crippen molar-refractivity contribution in [1.82, 2.24) is 10.3 Å². The molecule has 2 aliphatic rings. The van der Waals surface area contributed by atoms with Crippen molar-refractivity contribution in [2.45, 2.75) is 58.9 Å². The molecule has 1 aromatic carbocycles. The van der Waals surface area contributed by atoms with Crippen molar-refractivity contribution in [1.29, 1.82) is 0 Å². The molecule has 1 aromatic heterocycles. The van der Waals surface area contributed by atoms with Crippen molar-refractivity contribution >= 4 is 40.6 Å². The van der Waals surface area contributed by atoms with Crippen LogP contribution in [0.25, 0.3) is 6.08 Å². The highest BCUT2D eigenvalue weighted by molar-refractivity contribution is 8.18. The maximum Gasteiger partial charge on any atom is 0.290 e. The van der Waals surface area contributed by atoms with Gasteiger partial charge in [0.05, 0.1) is 17.1 Å². The average molecular weight is 480 g/mol. The number of hydrogen-bond acceptors (Lipinski definition) is 6. The third kappa shape index (κ3) is 5.01. The molecule has 178 valence electrons. The third-order valence-corrected chi connectivity index (χ3v) is 6.44. The maximum atomic E-state index is 12.9. The first-order valence-corrected chi connectivity index (χ1v) is 12.0. The summed E-state index contributed by atoms with van der Waals surface area (Å²) in [6, 6.07) is 9.53. The first-order valence-electron chi connectivity index (χ1n) is 11.2. The summed E-state index contributed by atoms with van der Waals surface area (Å²) in [5.74, 6) is 0.0347. The van der Waals surface area contributed by atoms with Gasteiger partial charge in [0.1, 0.15) is 5.75 Å². The summed E-state index contributed by atoms with van der Waals surface area (Å²) < 4.78 is 5.66. The van der Waals surface area contributed by atoms with E-state index in [2.05, 4.69) is 59.0 Å². The van der Waals surface area contributed by atoms with Gasteiger partial charge in [-0.3, -0.25) is 24.7 Å². The number of aromatic nitrogens is 1. The molecule has 0 atom stereocenters. The van der Waals surface area contributed by atoms with E-state index in [9.17, 15) is 14.4 Å². The van der Waals surface area contributed by atoms with Gasteiger partial charge in [0.15, 0.2) is 6.61 Å². The largest absolute Gasteiger partial charge is 0.482 e. The number of hydrogen-bond donors (Lipinski definition) is 1. The molecule has 0 radical (unpaired) electrons. The van der Waals surface area contributed by atoms with Crippen LogP contribution in [-0.2, 0) is 27.0 Å². The lowest BCUT2D eigenvalue weighted by Gasteiger charge is -2.31. The number of nitrogens with one attached hydrogen (secondary N) is 1. The van der Waals surface area contributed by atoms with E-state index in [1.54, 1.807) is 23.1 Å². The van der Waals surface area contributed by atoms with Gasteiger partial charge in [-0.1, -0.05) is 47.6 Å². The normalized spacial score (nSPS) is 17.6. The number of anilines is 1. The molecule has 0 aliphatic carbocycles. The number of carbonyl (C=O) groups excluding carboxylic acids is 3. The first kappa shape index (κ1) is 24.0. The molecule has 4 rings (SSSR count). The molecule has 2 aromatic rings. The van der Waals surface area contributed by atoms with Crippen LogP contribution in [0.5, 0.6) is 5.75 Å². The summed E-state index contributed by atoms with van der Waals surface area (Å²) in [6.45, 7) is 13.1. The average Bonchev–Trinajstić information content (AvgIpc) is 3.05. The number of pyridine rings is 1. The molecule has 7 nitrogen and oxygen atoms in total. The fourth-order valence-electron chi connectivity index (χ4n) is 3.68. The van der Waals surface area contributed by atoms with Gasteiger partial charge in [-0.2, -0.15) is 0 Å². The van der Waals surface area contributed by atoms with Gasteiger partial charge in [-0.15, -0.1) is 0 Å². The van der Waals surface area contributed by atoms with Crippen molar-refractivity contribution in [2.24, 2.45) is 0 Å². The zero-order valence-electron chi connectivity index (χ0n) is 20.3. The maximum absolute atomic E-state index is 12.9. The fourth-order valence-corrected chi connectivity index (χ4v) is 4.37. The van der Waals surface area contributed by atoms with E-state index < -0.39 is 11.1 Å². The molecule has 0 unspecified atom stereocenters. The van der Waals surface area contributed by atoms with Crippen molar-refractivity contribution in [3.8, 4) is 5.75 Å². The van der Waals surface area contributed by atoms with Crippen LogP contribution in [0.4, 0.5) is 10.5 Å². The van der Waals surface area contributed by atoms with E-state index in [0.717, 1.165) is 28.7 Å². The fraction of sp³-hybridized carbons (Fsp3) is 0.385. The van der Waals surface area contributed by atoms with E-state index in [-0.39, 0.29) is 23.3 Å². The Labute approximate surface area is 204 Å². The molecular formula is C26H29N3O4S. The molecule has 8 heteroatoms. The number of imide groups is 1. The Morgan fingerprint density at radius 3 is 2.24 bits per heavy atom. The number of amides is 3. The highest BCUT2D eigenvalue weighted by Gasteiger charge is 2.29. The first-order chi connectivity index (χ1) is 15.8. The molecule has 1 fully saturated rings. The minimum absolute atomic E-state index is 0.0382. The number of ether oxygens (including phenoxy) is 1. The number of thioether (sulfide) groups is 1. The number of benzene rings is 1. The zero-order valence-corrected chi connectivity index (χ0v) is 21.1. The van der Waals surface area contributed by atoms with Crippen LogP contribution in [0, 0.1) is 0 Å². The van der Waals surface area contributed by atoms with Gasteiger partial charge in [0, 0.05) is 22.2 Å². The number of nitrogens with zero attached hydrogens (tertiary/aromatic N) is 2. The van der Waals surface area contributed by atoms with Crippen LogP contribution in [0.1, 0.15) is 64.1 Å². The molecule has 1 saturated heterocycles. The highest BCUT2D eigenvalue weighted by atomic mass is 32.2. The predicted octanol–water partition coefficient (Wildman–Crippen LogP) is 4.93. The van der Waals surface area contributed by atoms with Crippen LogP contribution < -0.4 is 15.0 Å². The lowest BCUT2D eigenvalue weighted by atomic mass is 9.86. The lowest BCUT2D eigenvalue weighted by Crippen LogP contribution is -2.38. The van der Waals surface area contributed by atoms with Gasteiger partial charge >= 0.3 is 0 Å². The minimum atomic E-state index is -0.418. The van der Waals surface area contributed by atoms with Crippen LogP contribution in [-0.4, -0.2) is 28.6 Å². The molecule has 34 heavy (non-hydrogen) atoms. The second-order valence-corrected chi connectivity index (χ2v) is 11.6. The van der Waals surface area contributed by atoms with E-state index in [1.165, 1.54) is 0 Å². The molecule has 0 bridgehead atoms. The number of rotatable bonds is 3. The van der Waals surface area contributed by atoms with E-state index in [0.29, 0.717) is 28.5 Å². The second kappa shape index (κ2) is 8.58. The molecule has 3 amide bonds. The van der Waals surface area contributed by atoms with Crippen molar-refractivity contribution in [3.63, 3.8) is 0 Å². The van der Waals surface area contributed by atoms with E-state index in [4.69, 9.17) is 9.72 Å². The Kier molecular flexibility index (Phi) is 6.06. The lowest BCUT2D eigenvalue weighted by molar-refractivity contribution is -0.121. The Bertz CT molecular complexity index is 1190. The van der Waals surface area contributed by atoms with Crippen LogP contribution in [0.2, 0.25) is 0 Å². The second-order valence-electron chi connectivity index (χ2n) is 10.6. The summed E-state index contributed by atoms with van der Waals surface area (Å²) in [5.41, 5.74) is 4.00. The Hall–Kier alpha value is -3.13. The minimum Gasteiger partial charge on any atom is -0.482 e. The molecule has 0 saturated carbocycles. The summed E-state index contributed by atoms with van der Waals surface area (Å²) in [4.78, 5) is 43.3. The van der Waals surface area contributed by atoms with Crippen LogP contribution in [0.15, 0.2) is 35.2 Å². The SMILES string of the molecule is CC(C)(C)c1cc(CN2C(=O)COc3ccc(C=C4SC(=O)NC4=O)cc32)cc(C(C)(C)C)n1. The predicted molar refractivity (Wildman–Crippen MR) is 134 cm³/mol. The van der Waals surface area contributed by atoms with Gasteiger partial charge in [-0.25, -0.2) is 0 Å². The Morgan fingerprint density at radius 1 is 1.03 bits per heavy atom. The van der Waals surface area contributed by atoms with Gasteiger partial charge < -0.3 is 9.64 Å². The van der Waals surface area contributed by atoms with Crippen LogP contribution in [0.3, 0.4) is 0 Å². The van der Waals surface area contributed by atoms with E-state index in [1.807, 2.05) is 6.07 Å². The zero-order chi connectivity index (χ0) is 24.8. The summed E-state index contributed by atoms with van der Waals surface area (Å²) in [7, 11) is 0. The molecular weight excluding hydrogens is 450 g/mol.